The van der Waals surface area contributed by atoms with Crippen LogP contribution in [0.4, 0.5) is 5.82 Å². The molecule has 1 unspecified atom stereocenters. The van der Waals surface area contributed by atoms with Gasteiger partial charge in [-0.05, 0) is 61.8 Å². The summed E-state index contributed by atoms with van der Waals surface area (Å²) in [5, 5.41) is 11.6. The Kier molecular flexibility index (Phi) is 4.63. The standard InChI is InChI=1S/C20H24N4O/c25-20(21-17-10-6-8-15-7-2-3-9-16(15)17)18-11-12-19(23-22-18)24-13-4-1-5-14-24/h2-3,7,9,11-12,17H,1,4-6,8,10,13-14H2,(H,21,25). The van der Waals surface area contributed by atoms with Crippen LogP contribution in [-0.4, -0.2) is 29.2 Å². The SMILES string of the molecule is O=C(NC1CCCc2ccccc21)c1ccc(N2CCCCC2)nn1. The summed E-state index contributed by atoms with van der Waals surface area (Å²) in [5.74, 6) is 0.735. The van der Waals surface area contributed by atoms with Gasteiger partial charge in [-0.3, -0.25) is 4.79 Å². The Hall–Kier alpha value is -2.43. The number of carbonyl (C=O) groups is 1. The molecule has 1 fully saturated rings. The fraction of sp³-hybridized carbons (Fsp3) is 0.450. The second-order valence-electron chi connectivity index (χ2n) is 6.94. The minimum Gasteiger partial charge on any atom is -0.355 e. The molecule has 130 valence electrons. The number of benzene rings is 1. The summed E-state index contributed by atoms with van der Waals surface area (Å²) >= 11 is 0. The van der Waals surface area contributed by atoms with Gasteiger partial charge in [0.2, 0.25) is 0 Å². The van der Waals surface area contributed by atoms with Crippen LogP contribution in [0.3, 0.4) is 0 Å². The maximum atomic E-state index is 12.6. The normalized spacial score (nSPS) is 20.0. The molecular formula is C20H24N4O. The van der Waals surface area contributed by atoms with Crippen LogP contribution in [-0.2, 0) is 6.42 Å². The molecule has 1 aromatic carbocycles. The van der Waals surface area contributed by atoms with Crippen molar-refractivity contribution >= 4 is 11.7 Å². The van der Waals surface area contributed by atoms with Crippen LogP contribution in [0.5, 0.6) is 0 Å². The Bertz CT molecular complexity index is 738. The maximum Gasteiger partial charge on any atom is 0.272 e. The summed E-state index contributed by atoms with van der Waals surface area (Å²) in [6.45, 7) is 2.05. The zero-order valence-corrected chi connectivity index (χ0v) is 14.4. The number of aromatic nitrogens is 2. The van der Waals surface area contributed by atoms with E-state index < -0.39 is 0 Å². The van der Waals surface area contributed by atoms with Crippen LogP contribution in [0.15, 0.2) is 36.4 Å². The number of fused-ring (bicyclic) bond motifs is 1. The molecule has 0 radical (unpaired) electrons. The van der Waals surface area contributed by atoms with Crippen molar-refractivity contribution in [3.8, 4) is 0 Å². The Labute approximate surface area is 148 Å². The lowest BCUT2D eigenvalue weighted by atomic mass is 9.87. The minimum atomic E-state index is -0.139. The molecule has 0 spiro atoms. The van der Waals surface area contributed by atoms with Crippen molar-refractivity contribution in [2.45, 2.75) is 44.6 Å². The number of aryl methyl sites for hydroxylation is 1. The van der Waals surface area contributed by atoms with Gasteiger partial charge in [0.1, 0.15) is 0 Å². The summed E-state index contributed by atoms with van der Waals surface area (Å²) in [4.78, 5) is 14.8. The lowest BCUT2D eigenvalue weighted by molar-refractivity contribution is 0.0926. The molecule has 1 amide bonds. The number of piperidine rings is 1. The predicted octanol–water partition coefficient (Wildman–Crippen LogP) is 3.27. The lowest BCUT2D eigenvalue weighted by Crippen LogP contribution is -2.32. The van der Waals surface area contributed by atoms with E-state index in [4.69, 9.17) is 0 Å². The Morgan fingerprint density at radius 2 is 1.84 bits per heavy atom. The van der Waals surface area contributed by atoms with Gasteiger partial charge in [-0.1, -0.05) is 24.3 Å². The molecule has 5 heteroatoms. The molecule has 0 saturated carbocycles. The summed E-state index contributed by atoms with van der Waals surface area (Å²) in [7, 11) is 0. The van der Waals surface area contributed by atoms with Crippen molar-refractivity contribution in [1.29, 1.82) is 0 Å². The van der Waals surface area contributed by atoms with E-state index in [-0.39, 0.29) is 11.9 Å². The molecule has 4 rings (SSSR count). The highest BCUT2D eigenvalue weighted by atomic mass is 16.2. The van der Waals surface area contributed by atoms with Crippen molar-refractivity contribution in [2.24, 2.45) is 0 Å². The van der Waals surface area contributed by atoms with Crippen LogP contribution in [0.1, 0.15) is 59.8 Å². The van der Waals surface area contributed by atoms with Crippen LogP contribution in [0.2, 0.25) is 0 Å². The van der Waals surface area contributed by atoms with E-state index in [0.29, 0.717) is 5.69 Å². The first kappa shape index (κ1) is 16.1. The third-order valence-corrected chi connectivity index (χ3v) is 5.24. The van der Waals surface area contributed by atoms with Crippen LogP contribution >= 0.6 is 0 Å². The molecular weight excluding hydrogens is 312 g/mol. The quantitative estimate of drug-likeness (QED) is 0.934. The smallest absolute Gasteiger partial charge is 0.272 e. The highest BCUT2D eigenvalue weighted by Crippen LogP contribution is 2.29. The molecule has 5 nitrogen and oxygen atoms in total. The van der Waals surface area contributed by atoms with Gasteiger partial charge in [-0.15, -0.1) is 10.2 Å². The fourth-order valence-electron chi connectivity index (χ4n) is 3.87. The number of carbonyl (C=O) groups excluding carboxylic acids is 1. The Morgan fingerprint density at radius 1 is 1.00 bits per heavy atom. The van der Waals surface area contributed by atoms with E-state index in [1.807, 2.05) is 12.1 Å². The van der Waals surface area contributed by atoms with E-state index in [1.165, 1.54) is 30.4 Å². The number of rotatable bonds is 3. The average Bonchev–Trinajstić information content (AvgIpc) is 2.69. The van der Waals surface area contributed by atoms with E-state index in [1.54, 1.807) is 6.07 Å². The number of hydrogen-bond donors (Lipinski definition) is 1. The molecule has 1 aliphatic carbocycles. The first-order valence-corrected chi connectivity index (χ1v) is 9.28. The number of nitrogens with one attached hydrogen (secondary N) is 1. The van der Waals surface area contributed by atoms with Gasteiger partial charge in [0.05, 0.1) is 6.04 Å². The van der Waals surface area contributed by atoms with Crippen molar-refractivity contribution in [3.63, 3.8) is 0 Å². The second kappa shape index (κ2) is 7.21. The third kappa shape index (κ3) is 3.50. The van der Waals surface area contributed by atoms with E-state index in [9.17, 15) is 4.79 Å². The molecule has 2 heterocycles. The van der Waals surface area contributed by atoms with E-state index in [2.05, 4.69) is 38.6 Å². The predicted molar refractivity (Wildman–Crippen MR) is 97.7 cm³/mol. The largest absolute Gasteiger partial charge is 0.355 e. The van der Waals surface area contributed by atoms with Crippen molar-refractivity contribution in [3.05, 3.63) is 53.2 Å². The Balaban J connectivity index is 1.45. The highest BCUT2D eigenvalue weighted by molar-refractivity contribution is 5.92. The Morgan fingerprint density at radius 3 is 2.64 bits per heavy atom. The monoisotopic (exact) mass is 336 g/mol. The van der Waals surface area contributed by atoms with Crippen molar-refractivity contribution < 1.29 is 4.79 Å². The molecule has 1 N–H and O–H groups in total. The van der Waals surface area contributed by atoms with Crippen LogP contribution in [0.25, 0.3) is 0 Å². The summed E-state index contributed by atoms with van der Waals surface area (Å²) in [5.41, 5.74) is 2.97. The van der Waals surface area contributed by atoms with Gasteiger partial charge >= 0.3 is 0 Å². The number of anilines is 1. The molecule has 2 aromatic rings. The minimum absolute atomic E-state index is 0.0704. The van der Waals surface area contributed by atoms with Gasteiger partial charge in [0.15, 0.2) is 11.5 Å². The van der Waals surface area contributed by atoms with Crippen molar-refractivity contribution in [2.75, 3.05) is 18.0 Å². The maximum absolute atomic E-state index is 12.6. The van der Waals surface area contributed by atoms with Crippen LogP contribution < -0.4 is 10.2 Å². The van der Waals surface area contributed by atoms with Gasteiger partial charge < -0.3 is 10.2 Å². The lowest BCUT2D eigenvalue weighted by Gasteiger charge is -2.27. The van der Waals surface area contributed by atoms with Gasteiger partial charge in [0.25, 0.3) is 5.91 Å². The average molecular weight is 336 g/mol. The summed E-state index contributed by atoms with van der Waals surface area (Å²) in [6.07, 6.45) is 6.85. The molecule has 25 heavy (non-hydrogen) atoms. The van der Waals surface area contributed by atoms with Gasteiger partial charge in [-0.25, -0.2) is 0 Å². The molecule has 1 saturated heterocycles. The first-order chi connectivity index (χ1) is 12.3. The zero-order valence-electron chi connectivity index (χ0n) is 14.4. The fourth-order valence-corrected chi connectivity index (χ4v) is 3.87. The number of nitrogens with zero attached hydrogens (tertiary/aromatic N) is 3. The number of amides is 1. The van der Waals surface area contributed by atoms with E-state index >= 15 is 0 Å². The van der Waals surface area contributed by atoms with Gasteiger partial charge in [-0.2, -0.15) is 0 Å². The summed E-state index contributed by atoms with van der Waals surface area (Å²) in [6, 6.07) is 12.2. The topological polar surface area (TPSA) is 58.1 Å². The molecule has 1 aromatic heterocycles. The van der Waals surface area contributed by atoms with Crippen LogP contribution in [0, 0.1) is 0 Å². The third-order valence-electron chi connectivity index (χ3n) is 5.24. The molecule has 2 aliphatic rings. The number of hydrogen-bond acceptors (Lipinski definition) is 4. The zero-order chi connectivity index (χ0) is 17.1. The molecule has 1 atom stereocenters. The second-order valence-corrected chi connectivity index (χ2v) is 6.94. The highest BCUT2D eigenvalue weighted by Gasteiger charge is 2.22. The van der Waals surface area contributed by atoms with E-state index in [0.717, 1.165) is 38.2 Å². The van der Waals surface area contributed by atoms with Gasteiger partial charge in [0, 0.05) is 13.1 Å². The molecule has 0 bridgehead atoms. The summed E-state index contributed by atoms with van der Waals surface area (Å²) < 4.78 is 0. The van der Waals surface area contributed by atoms with Crippen molar-refractivity contribution in [1.82, 2.24) is 15.5 Å². The first-order valence-electron chi connectivity index (χ1n) is 9.28. The molecule has 1 aliphatic heterocycles.